The lowest BCUT2D eigenvalue weighted by atomic mass is 9.72. The Hall–Kier alpha value is -7.15. The van der Waals surface area contributed by atoms with Gasteiger partial charge in [0.15, 0.2) is 0 Å². The number of nitrogens with zero attached hydrogens (tertiary/aromatic N) is 4. The van der Waals surface area contributed by atoms with Gasteiger partial charge in [-0.2, -0.15) is 39.5 Å². The van der Waals surface area contributed by atoms with E-state index in [1.807, 2.05) is 60.8 Å². The first kappa shape index (κ1) is 58.1. The minimum atomic E-state index is -4.93. The maximum absolute atomic E-state index is 13.4. The summed E-state index contributed by atoms with van der Waals surface area (Å²) in [6.07, 6.45) is -6.08. The topological polar surface area (TPSA) is 89.6 Å². The summed E-state index contributed by atoms with van der Waals surface area (Å²) in [4.78, 5) is 14.3. The van der Waals surface area contributed by atoms with Crippen LogP contribution in [0.4, 0.5) is 62.3 Å². The Kier molecular flexibility index (Phi) is 16.7. The maximum Gasteiger partial charge on any atom is 0.416 e. The number of hydrogen-bond acceptors (Lipinski definition) is 9. The average Bonchev–Trinajstić information content (AvgIpc) is 3.52. The molecule has 0 saturated carbocycles. The third-order valence-corrected chi connectivity index (χ3v) is 17.0. The van der Waals surface area contributed by atoms with E-state index < -0.39 is 35.2 Å². The van der Waals surface area contributed by atoms with Gasteiger partial charge in [-0.1, -0.05) is 64.3 Å². The number of fused-ring (bicyclic) bond motifs is 8. The zero-order valence-corrected chi connectivity index (χ0v) is 46.1. The van der Waals surface area contributed by atoms with E-state index in [0.29, 0.717) is 65.3 Å². The zero-order valence-electron chi connectivity index (χ0n) is 46.1. The van der Waals surface area contributed by atoms with E-state index in [4.69, 9.17) is 4.74 Å². The second kappa shape index (κ2) is 23.6. The number of piperidine rings is 6. The van der Waals surface area contributed by atoms with Crippen LogP contribution in [-0.4, -0.2) is 58.0 Å². The van der Waals surface area contributed by atoms with Gasteiger partial charge in [0.2, 0.25) is 0 Å². The van der Waals surface area contributed by atoms with Crippen LogP contribution < -0.4 is 21.3 Å². The van der Waals surface area contributed by atoms with Crippen molar-refractivity contribution < 1.29 is 44.3 Å². The van der Waals surface area contributed by atoms with Crippen LogP contribution >= 0.6 is 0 Å². The van der Waals surface area contributed by atoms with E-state index in [1.54, 1.807) is 25.3 Å². The van der Waals surface area contributed by atoms with Crippen LogP contribution in [0.1, 0.15) is 97.4 Å². The van der Waals surface area contributed by atoms with Gasteiger partial charge in [-0.15, -0.1) is 0 Å². The van der Waals surface area contributed by atoms with Gasteiger partial charge in [0.05, 0.1) is 40.4 Å². The number of anilines is 4. The molecule has 8 heterocycles. The van der Waals surface area contributed by atoms with Crippen molar-refractivity contribution >= 4 is 44.6 Å². The van der Waals surface area contributed by atoms with Crippen molar-refractivity contribution in [3.8, 4) is 0 Å². The van der Waals surface area contributed by atoms with E-state index >= 15 is 0 Å². The highest BCUT2D eigenvalue weighted by atomic mass is 19.4. The van der Waals surface area contributed by atoms with Gasteiger partial charge in [0.25, 0.3) is 0 Å². The van der Waals surface area contributed by atoms with E-state index in [-0.39, 0.29) is 35.6 Å². The summed E-state index contributed by atoms with van der Waals surface area (Å²) >= 11 is 0. The highest BCUT2D eigenvalue weighted by Gasteiger charge is 2.44. The lowest BCUT2D eigenvalue weighted by Crippen LogP contribution is -2.55. The fourth-order valence-corrected chi connectivity index (χ4v) is 12.8. The molecule has 0 amide bonds. The van der Waals surface area contributed by atoms with Crippen molar-refractivity contribution in [2.45, 2.75) is 103 Å². The largest absolute Gasteiger partial charge is 0.416 e. The molecule has 6 fully saturated rings. The predicted molar refractivity (Wildman–Crippen MR) is 306 cm³/mol. The summed E-state index contributed by atoms with van der Waals surface area (Å²) in [5.41, 5.74) is 3.32. The summed E-state index contributed by atoms with van der Waals surface area (Å²) in [5, 5.41) is 13.7. The summed E-state index contributed by atoms with van der Waals surface area (Å²) in [6.45, 7) is 21.2. The Morgan fingerprint density at radius 2 is 1.04 bits per heavy atom. The smallest absolute Gasteiger partial charge is 0.367 e. The normalized spacial score (nSPS) is 23.1. The van der Waals surface area contributed by atoms with Gasteiger partial charge < -0.3 is 26.0 Å². The maximum atomic E-state index is 13.4. The number of aryl methyl sites for hydroxylation is 1. The fraction of sp³-hybridized carbons (Fsp3) is 0.375. The number of alkyl halides is 9. The first-order chi connectivity index (χ1) is 38.9. The number of pyridine rings is 2. The molecule has 8 unspecified atom stereocenters. The van der Waals surface area contributed by atoms with E-state index in [2.05, 4.69) is 93.2 Å². The molecule has 432 valence electrons. The number of aromatic nitrogens is 2. The van der Waals surface area contributed by atoms with Crippen molar-refractivity contribution in [2.24, 2.45) is 23.7 Å². The van der Waals surface area contributed by atoms with Crippen molar-refractivity contribution in [3.63, 3.8) is 0 Å². The number of rotatable bonds is 15. The number of benzene rings is 5. The molecule has 0 aliphatic carbocycles. The van der Waals surface area contributed by atoms with Crippen LogP contribution in [-0.2, 0) is 29.9 Å². The summed E-state index contributed by atoms with van der Waals surface area (Å²) < 4.78 is 126. The standard InChI is InChI=1S/C35H37F3N4O.C29H30F6N4/c1-22-15-27(35(36,37)38)18-29(16-22)41-24(3)40-28-9-10-32-31(19-28)30(11-13-39-32)34(43-21-25-7-5-4-6-8-25)33-17-26-12-14-42(33)20-23(26)2;1-16-15-39-9-7-19(16)10-27(39)17(2)24-6-8-36-26-5-4-22(14-25(24)26)37-18(3)38-23-12-20(28(30,31)32)11-21(13-23)29(33,34)35/h4-11,13,15-16,18-19,23,26,33-34,40-41H,3,12,14,17,20-21H2,1-2H3;4-6,8,11-14,16-17,19,27,37-38H,3,7,9-10,15H2,1-2H3/t23?,26?,33?,34-;16?,17-,19?,27?/m10/s1. The minimum absolute atomic E-state index is 0.0324. The Balaban J connectivity index is 0.000000185. The Morgan fingerprint density at radius 3 is 1.52 bits per heavy atom. The van der Waals surface area contributed by atoms with Crippen LogP contribution in [0.15, 0.2) is 152 Å². The molecule has 0 radical (unpaired) electrons. The molecule has 4 N–H and O–H groups in total. The summed E-state index contributed by atoms with van der Waals surface area (Å²) in [5.74, 6) is 3.47. The van der Waals surface area contributed by atoms with Crippen LogP contribution in [0.5, 0.6) is 0 Å². The quantitative estimate of drug-likeness (QED) is 0.0750. The van der Waals surface area contributed by atoms with Gasteiger partial charge in [-0.05, 0) is 182 Å². The van der Waals surface area contributed by atoms with Gasteiger partial charge in [0.1, 0.15) is 11.6 Å². The molecule has 10 atom stereocenters. The molecule has 0 spiro atoms. The molecular formula is C64H67F9N8O. The lowest BCUT2D eigenvalue weighted by molar-refractivity contribution is -0.143. The van der Waals surface area contributed by atoms with Gasteiger partial charge in [-0.3, -0.25) is 19.8 Å². The average molecular weight is 1140 g/mol. The molecular weight excluding hydrogens is 1070 g/mol. The highest BCUT2D eigenvalue weighted by molar-refractivity contribution is 5.87. The Labute approximate surface area is 472 Å². The Bertz CT molecular complexity index is 3410. The molecule has 7 aromatic rings. The fourth-order valence-electron chi connectivity index (χ4n) is 12.8. The van der Waals surface area contributed by atoms with Crippen LogP contribution in [0, 0.1) is 30.6 Å². The SMILES string of the molecule is C=C(Nc1cc(C(F)(F)F)cc(C(F)(F)F)c1)Nc1ccc2nccc([C@H](C)C3CC4CCN3CC4C)c2c1.C=C(Nc1cc(C)cc(C(F)(F)F)c1)Nc1ccc2nccc([C@@H](OCc3ccccc3)C3CC4CCN3CC4C)c2c1. The molecule has 18 heteroatoms. The van der Waals surface area contributed by atoms with Crippen molar-refractivity contribution in [3.05, 3.63) is 191 Å². The third kappa shape index (κ3) is 13.3. The first-order valence-electron chi connectivity index (χ1n) is 27.8. The van der Waals surface area contributed by atoms with Crippen molar-refractivity contribution in [1.29, 1.82) is 0 Å². The van der Waals surface area contributed by atoms with Gasteiger partial charge >= 0.3 is 18.5 Å². The first-order valence-corrected chi connectivity index (χ1v) is 27.8. The second-order valence-electron chi connectivity index (χ2n) is 22.8. The zero-order chi connectivity index (χ0) is 58.3. The molecule has 6 aliphatic rings. The van der Waals surface area contributed by atoms with Crippen LogP contribution in [0.25, 0.3) is 21.8 Å². The molecule has 9 nitrogen and oxygen atoms in total. The molecule has 6 aliphatic heterocycles. The van der Waals surface area contributed by atoms with E-state index in [9.17, 15) is 39.5 Å². The second-order valence-corrected chi connectivity index (χ2v) is 22.8. The number of ether oxygens (including phenoxy) is 1. The Morgan fingerprint density at radius 1 is 0.573 bits per heavy atom. The van der Waals surface area contributed by atoms with E-state index in [0.717, 1.165) is 101 Å². The van der Waals surface area contributed by atoms with Crippen molar-refractivity contribution in [2.75, 3.05) is 47.4 Å². The molecule has 82 heavy (non-hydrogen) atoms. The van der Waals surface area contributed by atoms with Crippen LogP contribution in [0.3, 0.4) is 0 Å². The molecule has 2 aromatic heterocycles. The predicted octanol–water partition coefficient (Wildman–Crippen LogP) is 16.6. The summed E-state index contributed by atoms with van der Waals surface area (Å²) in [6, 6.07) is 31.6. The van der Waals surface area contributed by atoms with Crippen molar-refractivity contribution in [1.82, 2.24) is 19.8 Å². The number of hydrogen-bond donors (Lipinski definition) is 4. The van der Waals surface area contributed by atoms with Crippen LogP contribution in [0.2, 0.25) is 0 Å². The van der Waals surface area contributed by atoms with Gasteiger partial charge in [-0.25, -0.2) is 0 Å². The summed E-state index contributed by atoms with van der Waals surface area (Å²) in [7, 11) is 0. The molecule has 5 aromatic carbocycles. The molecule has 6 saturated heterocycles. The molecule has 13 rings (SSSR count). The highest BCUT2D eigenvalue weighted by Crippen LogP contribution is 2.46. The third-order valence-electron chi connectivity index (χ3n) is 17.0. The van der Waals surface area contributed by atoms with Gasteiger partial charge in [0, 0.05) is 71.1 Å². The number of halogens is 9. The minimum Gasteiger partial charge on any atom is -0.367 e. The lowest BCUT2D eigenvalue weighted by Gasteiger charge is -2.51. The number of nitrogens with one attached hydrogen (secondary N) is 4. The van der Waals surface area contributed by atoms with E-state index in [1.165, 1.54) is 12.8 Å². The monoisotopic (exact) mass is 1130 g/mol. The molecule has 4 bridgehead atoms.